The molecule has 10 heteroatoms. The van der Waals surface area contributed by atoms with Gasteiger partial charge in [-0.25, -0.2) is 8.42 Å². The normalized spacial score (nSPS) is 15.9. The predicted octanol–water partition coefficient (Wildman–Crippen LogP) is 2.82. The maximum absolute atomic E-state index is 13.6. The summed E-state index contributed by atoms with van der Waals surface area (Å²) in [5.41, 5.74) is 6.38. The molecule has 0 fully saturated rings. The largest absolute Gasteiger partial charge is 0.494 e. The standard InChI is InChI=1S/C24H25N3O6S/c1-2-32-18-9-11-19(12-10-18)34(30,31)27-14-13-17-6-3-4-7-20(17)21(27)16-23(28)25-26-24(29)22-8-5-15-33-22/h3-12,15,21H,2,13-14,16H2,1H3,(H,25,28)(H,26,29)/t21-/m0/s1. The molecule has 4 rings (SSSR count). The minimum Gasteiger partial charge on any atom is -0.494 e. The lowest BCUT2D eigenvalue weighted by molar-refractivity contribution is -0.122. The Labute approximate surface area is 197 Å². The number of ether oxygens (including phenoxy) is 1. The van der Waals surface area contributed by atoms with Gasteiger partial charge in [-0.05, 0) is 60.9 Å². The van der Waals surface area contributed by atoms with Crippen LogP contribution < -0.4 is 15.6 Å². The number of hydrazine groups is 1. The number of rotatable bonds is 7. The molecule has 1 aliphatic heterocycles. The zero-order valence-electron chi connectivity index (χ0n) is 18.6. The molecule has 0 bridgehead atoms. The van der Waals surface area contributed by atoms with E-state index < -0.39 is 27.9 Å². The van der Waals surface area contributed by atoms with Crippen LogP contribution in [0, 0.1) is 0 Å². The Morgan fingerprint density at radius 1 is 1.06 bits per heavy atom. The van der Waals surface area contributed by atoms with E-state index in [1.807, 2.05) is 31.2 Å². The number of benzene rings is 2. The van der Waals surface area contributed by atoms with Gasteiger partial charge in [-0.1, -0.05) is 24.3 Å². The Kier molecular flexibility index (Phi) is 6.99. The van der Waals surface area contributed by atoms with Gasteiger partial charge >= 0.3 is 5.91 Å². The fourth-order valence-electron chi connectivity index (χ4n) is 3.96. The molecule has 1 aromatic heterocycles. The van der Waals surface area contributed by atoms with Crippen molar-refractivity contribution in [3.8, 4) is 5.75 Å². The van der Waals surface area contributed by atoms with Crippen LogP contribution in [0.15, 0.2) is 76.2 Å². The quantitative estimate of drug-likeness (QED) is 0.499. The Bertz CT molecular complexity index is 1260. The summed E-state index contributed by atoms with van der Waals surface area (Å²) in [5.74, 6) is -0.522. The SMILES string of the molecule is CCOc1ccc(S(=O)(=O)N2CCc3ccccc3[C@@H]2CC(=O)NNC(=O)c2ccco2)cc1. The molecule has 2 heterocycles. The van der Waals surface area contributed by atoms with E-state index in [1.54, 1.807) is 18.2 Å². The molecule has 0 unspecified atom stereocenters. The molecule has 34 heavy (non-hydrogen) atoms. The summed E-state index contributed by atoms with van der Waals surface area (Å²) in [6.45, 7) is 2.55. The number of amides is 2. The van der Waals surface area contributed by atoms with Crippen molar-refractivity contribution in [2.45, 2.75) is 30.7 Å². The highest BCUT2D eigenvalue weighted by atomic mass is 32.2. The van der Waals surface area contributed by atoms with Gasteiger partial charge in [-0.3, -0.25) is 20.4 Å². The van der Waals surface area contributed by atoms with Gasteiger partial charge in [0.05, 0.1) is 23.8 Å². The summed E-state index contributed by atoms with van der Waals surface area (Å²) in [6, 6.07) is 16.0. The Balaban J connectivity index is 1.56. The first kappa shape index (κ1) is 23.5. The molecule has 0 aliphatic carbocycles. The van der Waals surface area contributed by atoms with Crippen LogP contribution in [-0.4, -0.2) is 37.7 Å². The van der Waals surface area contributed by atoms with E-state index in [1.165, 1.54) is 28.8 Å². The van der Waals surface area contributed by atoms with Crippen molar-refractivity contribution in [1.29, 1.82) is 0 Å². The zero-order valence-corrected chi connectivity index (χ0v) is 19.4. The van der Waals surface area contributed by atoms with Gasteiger partial charge in [-0.2, -0.15) is 4.31 Å². The van der Waals surface area contributed by atoms with Crippen LogP contribution >= 0.6 is 0 Å². The molecule has 178 valence electrons. The molecule has 3 aromatic rings. The number of nitrogens with zero attached hydrogens (tertiary/aromatic N) is 1. The topological polar surface area (TPSA) is 118 Å². The van der Waals surface area contributed by atoms with E-state index in [4.69, 9.17) is 9.15 Å². The first-order valence-corrected chi connectivity index (χ1v) is 12.3. The number of hydrogen-bond acceptors (Lipinski definition) is 6. The van der Waals surface area contributed by atoms with E-state index in [-0.39, 0.29) is 23.6 Å². The molecule has 0 spiro atoms. The van der Waals surface area contributed by atoms with Crippen LogP contribution in [-0.2, 0) is 21.2 Å². The molecule has 1 atom stereocenters. The third-order valence-corrected chi connectivity index (χ3v) is 7.47. The van der Waals surface area contributed by atoms with Gasteiger partial charge in [0.2, 0.25) is 15.9 Å². The number of furan rings is 1. The lowest BCUT2D eigenvalue weighted by Gasteiger charge is -2.36. The lowest BCUT2D eigenvalue weighted by Crippen LogP contribution is -2.45. The molecule has 0 radical (unpaired) electrons. The first-order chi connectivity index (χ1) is 16.4. The van der Waals surface area contributed by atoms with Gasteiger partial charge in [0.1, 0.15) is 5.75 Å². The van der Waals surface area contributed by atoms with Crippen molar-refractivity contribution in [2.24, 2.45) is 0 Å². The highest BCUT2D eigenvalue weighted by molar-refractivity contribution is 7.89. The lowest BCUT2D eigenvalue weighted by atomic mass is 9.92. The second-order valence-electron chi connectivity index (χ2n) is 7.67. The molecule has 2 N–H and O–H groups in total. The monoisotopic (exact) mass is 483 g/mol. The second-order valence-corrected chi connectivity index (χ2v) is 9.56. The minimum absolute atomic E-state index is 0.0445. The van der Waals surface area contributed by atoms with E-state index >= 15 is 0 Å². The van der Waals surface area contributed by atoms with E-state index in [0.717, 1.165) is 11.1 Å². The fourth-order valence-corrected chi connectivity index (χ4v) is 5.57. The molecule has 2 aromatic carbocycles. The Morgan fingerprint density at radius 2 is 1.82 bits per heavy atom. The minimum atomic E-state index is -3.90. The maximum Gasteiger partial charge on any atom is 0.305 e. The average Bonchev–Trinajstić information content (AvgIpc) is 3.38. The van der Waals surface area contributed by atoms with Crippen LogP contribution in [0.3, 0.4) is 0 Å². The zero-order chi connectivity index (χ0) is 24.1. The molecule has 2 amide bonds. The summed E-state index contributed by atoms with van der Waals surface area (Å²) in [4.78, 5) is 24.9. The smallest absolute Gasteiger partial charge is 0.305 e. The fraction of sp³-hybridized carbons (Fsp3) is 0.250. The average molecular weight is 484 g/mol. The summed E-state index contributed by atoms with van der Waals surface area (Å²) in [6.07, 6.45) is 1.70. The van der Waals surface area contributed by atoms with Crippen molar-refractivity contribution in [3.05, 3.63) is 83.8 Å². The number of fused-ring (bicyclic) bond motifs is 1. The van der Waals surface area contributed by atoms with Crippen LogP contribution in [0.4, 0.5) is 0 Å². The van der Waals surface area contributed by atoms with Crippen molar-refractivity contribution in [1.82, 2.24) is 15.2 Å². The third-order valence-electron chi connectivity index (χ3n) is 5.54. The van der Waals surface area contributed by atoms with Crippen LogP contribution in [0.1, 0.15) is 41.1 Å². The van der Waals surface area contributed by atoms with Gasteiger partial charge in [0.25, 0.3) is 0 Å². The Morgan fingerprint density at radius 3 is 2.53 bits per heavy atom. The van der Waals surface area contributed by atoms with E-state index in [2.05, 4.69) is 10.9 Å². The Hall–Kier alpha value is -3.63. The van der Waals surface area contributed by atoms with Gasteiger partial charge < -0.3 is 9.15 Å². The van der Waals surface area contributed by atoms with Gasteiger partial charge in [0.15, 0.2) is 5.76 Å². The van der Waals surface area contributed by atoms with Gasteiger partial charge in [0, 0.05) is 13.0 Å². The molecule has 0 saturated carbocycles. The van der Waals surface area contributed by atoms with Crippen molar-refractivity contribution < 1.29 is 27.2 Å². The van der Waals surface area contributed by atoms with E-state index in [0.29, 0.717) is 18.8 Å². The highest BCUT2D eigenvalue weighted by Gasteiger charge is 2.37. The third kappa shape index (κ3) is 4.97. The summed E-state index contributed by atoms with van der Waals surface area (Å²) in [5, 5.41) is 0. The molecular formula is C24H25N3O6S. The second kappa shape index (κ2) is 10.1. The highest BCUT2D eigenvalue weighted by Crippen LogP contribution is 2.36. The molecule has 0 saturated heterocycles. The van der Waals surface area contributed by atoms with Gasteiger partial charge in [-0.15, -0.1) is 0 Å². The number of carbonyl (C=O) groups is 2. The van der Waals surface area contributed by atoms with Crippen molar-refractivity contribution in [2.75, 3.05) is 13.2 Å². The van der Waals surface area contributed by atoms with Crippen LogP contribution in [0.25, 0.3) is 0 Å². The first-order valence-electron chi connectivity index (χ1n) is 10.9. The predicted molar refractivity (Wildman–Crippen MR) is 123 cm³/mol. The summed E-state index contributed by atoms with van der Waals surface area (Å²) >= 11 is 0. The maximum atomic E-state index is 13.6. The summed E-state index contributed by atoms with van der Waals surface area (Å²) < 4.78 is 38.9. The number of sulfonamides is 1. The number of carbonyl (C=O) groups excluding carboxylic acids is 2. The number of hydrogen-bond donors (Lipinski definition) is 2. The van der Waals surface area contributed by atoms with Crippen LogP contribution in [0.5, 0.6) is 5.75 Å². The van der Waals surface area contributed by atoms with Crippen LogP contribution in [0.2, 0.25) is 0 Å². The van der Waals surface area contributed by atoms with Crippen molar-refractivity contribution in [3.63, 3.8) is 0 Å². The summed E-state index contributed by atoms with van der Waals surface area (Å²) in [7, 11) is -3.90. The molecule has 1 aliphatic rings. The number of nitrogens with one attached hydrogen (secondary N) is 2. The molecular weight excluding hydrogens is 458 g/mol. The molecule has 9 nitrogen and oxygen atoms in total. The van der Waals surface area contributed by atoms with Crippen molar-refractivity contribution >= 4 is 21.8 Å². The van der Waals surface area contributed by atoms with E-state index in [9.17, 15) is 18.0 Å².